The van der Waals surface area contributed by atoms with Crippen molar-refractivity contribution in [3.8, 4) is 0 Å². The van der Waals surface area contributed by atoms with Gasteiger partial charge in [-0.25, -0.2) is 0 Å². The SMILES string of the molecule is Cc1ccccc1/C=C1\SCCCS1=O. The van der Waals surface area contributed by atoms with E-state index in [9.17, 15) is 4.21 Å². The summed E-state index contributed by atoms with van der Waals surface area (Å²) < 4.78 is 12.8. The normalized spacial score (nSPS) is 24.3. The number of hydrogen-bond acceptors (Lipinski definition) is 2. The van der Waals surface area contributed by atoms with Gasteiger partial charge >= 0.3 is 0 Å². The molecule has 2 rings (SSSR count). The van der Waals surface area contributed by atoms with Gasteiger partial charge < -0.3 is 0 Å². The van der Waals surface area contributed by atoms with Crippen LogP contribution in [0.3, 0.4) is 0 Å². The maximum atomic E-state index is 11.7. The maximum absolute atomic E-state index is 11.7. The van der Waals surface area contributed by atoms with Gasteiger partial charge in [0.2, 0.25) is 0 Å². The molecule has 80 valence electrons. The Bertz CT molecular complexity index is 410. The summed E-state index contributed by atoms with van der Waals surface area (Å²) in [5.74, 6) is 1.92. The molecule has 1 aliphatic rings. The van der Waals surface area contributed by atoms with E-state index in [0.717, 1.165) is 22.2 Å². The van der Waals surface area contributed by atoms with Crippen LogP contribution in [-0.4, -0.2) is 15.7 Å². The molecule has 1 aliphatic heterocycles. The third kappa shape index (κ3) is 2.73. The third-order valence-corrected chi connectivity index (χ3v) is 5.44. The van der Waals surface area contributed by atoms with Crippen LogP contribution in [0.4, 0.5) is 0 Å². The van der Waals surface area contributed by atoms with Crippen molar-refractivity contribution in [2.75, 3.05) is 11.5 Å². The fourth-order valence-electron chi connectivity index (χ4n) is 1.51. The van der Waals surface area contributed by atoms with E-state index in [-0.39, 0.29) is 0 Å². The lowest BCUT2D eigenvalue weighted by Crippen LogP contribution is -2.06. The van der Waals surface area contributed by atoms with Gasteiger partial charge in [-0.2, -0.15) is 0 Å². The molecule has 0 amide bonds. The van der Waals surface area contributed by atoms with Gasteiger partial charge in [-0.3, -0.25) is 4.21 Å². The predicted octanol–water partition coefficient (Wildman–Crippen LogP) is 3.18. The molecule has 0 bridgehead atoms. The Balaban J connectivity index is 2.29. The number of thioether (sulfide) groups is 1. The van der Waals surface area contributed by atoms with Gasteiger partial charge in [-0.1, -0.05) is 24.3 Å². The summed E-state index contributed by atoms with van der Waals surface area (Å²) in [6.45, 7) is 2.09. The van der Waals surface area contributed by atoms with Gasteiger partial charge in [0.15, 0.2) is 0 Å². The Kier molecular flexibility index (Phi) is 3.65. The Labute approximate surface area is 97.4 Å². The molecule has 0 saturated carbocycles. The monoisotopic (exact) mass is 238 g/mol. The lowest BCUT2D eigenvalue weighted by molar-refractivity contribution is 0.686. The minimum atomic E-state index is -0.763. The van der Waals surface area contributed by atoms with Crippen molar-refractivity contribution in [1.29, 1.82) is 0 Å². The molecular weight excluding hydrogens is 224 g/mol. The molecular formula is C12H14OS2. The summed E-state index contributed by atoms with van der Waals surface area (Å²) in [6, 6.07) is 8.22. The Morgan fingerprint density at radius 3 is 2.93 bits per heavy atom. The zero-order valence-corrected chi connectivity index (χ0v) is 10.4. The van der Waals surface area contributed by atoms with E-state index in [1.165, 1.54) is 11.1 Å². The van der Waals surface area contributed by atoms with Gasteiger partial charge in [-0.05, 0) is 36.3 Å². The van der Waals surface area contributed by atoms with E-state index in [0.29, 0.717) is 0 Å². The van der Waals surface area contributed by atoms with Crippen molar-refractivity contribution >= 4 is 28.6 Å². The van der Waals surface area contributed by atoms with E-state index in [1.807, 2.05) is 12.1 Å². The molecule has 0 aliphatic carbocycles. The minimum Gasteiger partial charge on any atom is -0.254 e. The maximum Gasteiger partial charge on any atom is 0.0722 e. The largest absolute Gasteiger partial charge is 0.254 e. The van der Waals surface area contributed by atoms with Crippen molar-refractivity contribution in [3.05, 3.63) is 39.6 Å². The second-order valence-corrected chi connectivity index (χ2v) is 6.51. The average molecular weight is 238 g/mol. The second-order valence-electron chi connectivity index (χ2n) is 3.57. The molecule has 15 heavy (non-hydrogen) atoms. The molecule has 0 N–H and O–H groups in total. The Morgan fingerprint density at radius 2 is 2.20 bits per heavy atom. The highest BCUT2D eigenvalue weighted by molar-refractivity contribution is 8.17. The van der Waals surface area contributed by atoms with Crippen molar-refractivity contribution in [3.63, 3.8) is 0 Å². The van der Waals surface area contributed by atoms with Gasteiger partial charge in [0.05, 0.1) is 15.0 Å². The molecule has 0 aromatic heterocycles. The first-order valence-corrected chi connectivity index (χ1v) is 7.36. The molecule has 0 spiro atoms. The highest BCUT2D eigenvalue weighted by atomic mass is 32.2. The van der Waals surface area contributed by atoms with E-state index in [1.54, 1.807) is 11.8 Å². The molecule has 1 saturated heterocycles. The zero-order valence-electron chi connectivity index (χ0n) is 8.73. The van der Waals surface area contributed by atoms with Crippen LogP contribution < -0.4 is 0 Å². The summed E-state index contributed by atoms with van der Waals surface area (Å²) >= 11 is 1.74. The van der Waals surface area contributed by atoms with Crippen LogP contribution in [0.1, 0.15) is 17.5 Å². The summed E-state index contributed by atoms with van der Waals surface area (Å²) in [7, 11) is -0.763. The van der Waals surface area contributed by atoms with Crippen molar-refractivity contribution in [2.45, 2.75) is 13.3 Å². The smallest absolute Gasteiger partial charge is 0.0722 e. The third-order valence-electron chi connectivity index (χ3n) is 2.40. The fourth-order valence-corrected chi connectivity index (χ4v) is 4.29. The standard InChI is InChI=1S/C12H14OS2/c1-10-5-2-3-6-11(10)9-12-14-7-4-8-15(12)13/h2-3,5-6,9H,4,7-8H2,1H3/b12-9+. The number of benzene rings is 1. The fraction of sp³-hybridized carbons (Fsp3) is 0.333. The average Bonchev–Trinajstić information content (AvgIpc) is 2.24. The van der Waals surface area contributed by atoms with Crippen molar-refractivity contribution in [2.24, 2.45) is 0 Å². The lowest BCUT2D eigenvalue weighted by atomic mass is 10.1. The molecule has 1 aromatic rings. The van der Waals surface area contributed by atoms with Crippen molar-refractivity contribution < 1.29 is 4.21 Å². The van der Waals surface area contributed by atoms with Gasteiger partial charge in [0, 0.05) is 5.75 Å². The summed E-state index contributed by atoms with van der Waals surface area (Å²) in [5.41, 5.74) is 2.43. The molecule has 1 nitrogen and oxygen atoms in total. The first-order valence-electron chi connectivity index (χ1n) is 5.06. The number of rotatable bonds is 1. The van der Waals surface area contributed by atoms with Crippen LogP contribution >= 0.6 is 11.8 Å². The minimum absolute atomic E-state index is 0.763. The summed E-state index contributed by atoms with van der Waals surface area (Å²) in [5, 5.41) is 0. The Morgan fingerprint density at radius 1 is 1.40 bits per heavy atom. The molecule has 1 atom stereocenters. The van der Waals surface area contributed by atoms with E-state index in [2.05, 4.69) is 25.1 Å². The van der Waals surface area contributed by atoms with Gasteiger partial charge in [0.25, 0.3) is 0 Å². The first kappa shape index (κ1) is 11.0. The van der Waals surface area contributed by atoms with E-state index >= 15 is 0 Å². The Hall–Kier alpha value is -0.540. The highest BCUT2D eigenvalue weighted by Gasteiger charge is 2.14. The van der Waals surface area contributed by atoms with Crippen molar-refractivity contribution in [1.82, 2.24) is 0 Å². The molecule has 0 radical (unpaired) electrons. The predicted molar refractivity (Wildman–Crippen MR) is 69.2 cm³/mol. The lowest BCUT2D eigenvalue weighted by Gasteiger charge is -2.13. The van der Waals surface area contributed by atoms with Gasteiger partial charge in [-0.15, -0.1) is 11.8 Å². The first-order chi connectivity index (χ1) is 7.27. The van der Waals surface area contributed by atoms with Crippen LogP contribution in [0.25, 0.3) is 6.08 Å². The van der Waals surface area contributed by atoms with E-state index < -0.39 is 10.8 Å². The topological polar surface area (TPSA) is 17.1 Å². The van der Waals surface area contributed by atoms with Crippen LogP contribution in [0, 0.1) is 6.92 Å². The van der Waals surface area contributed by atoms with E-state index in [4.69, 9.17) is 0 Å². The molecule has 1 unspecified atom stereocenters. The number of aryl methyl sites for hydroxylation is 1. The van der Waals surface area contributed by atoms with Crippen LogP contribution in [0.2, 0.25) is 0 Å². The highest BCUT2D eigenvalue weighted by Crippen LogP contribution is 2.29. The molecule has 1 fully saturated rings. The number of hydrogen-bond donors (Lipinski definition) is 0. The molecule has 3 heteroatoms. The van der Waals surface area contributed by atoms with Gasteiger partial charge in [0.1, 0.15) is 0 Å². The van der Waals surface area contributed by atoms with Crippen LogP contribution in [-0.2, 0) is 10.8 Å². The summed E-state index contributed by atoms with van der Waals surface area (Å²) in [6.07, 6.45) is 3.15. The van der Waals surface area contributed by atoms with Crippen LogP contribution in [0.5, 0.6) is 0 Å². The quantitative estimate of drug-likeness (QED) is 0.747. The molecule has 1 aromatic carbocycles. The molecule has 1 heterocycles. The zero-order chi connectivity index (χ0) is 10.7. The second kappa shape index (κ2) is 4.99. The summed E-state index contributed by atoms with van der Waals surface area (Å²) in [4.78, 5) is 0. The van der Waals surface area contributed by atoms with Crippen LogP contribution in [0.15, 0.2) is 28.5 Å².